The summed E-state index contributed by atoms with van der Waals surface area (Å²) in [5, 5.41) is 27.5. The Hall–Kier alpha value is -5.17. The second-order valence-electron chi connectivity index (χ2n) is 10.6. The van der Waals surface area contributed by atoms with E-state index in [1.807, 2.05) is 6.92 Å². The zero-order valence-corrected chi connectivity index (χ0v) is 23.0. The number of amides is 1. The number of anilines is 2. The van der Waals surface area contributed by atoms with Crippen LogP contribution in [0.5, 0.6) is 11.5 Å². The molecule has 1 fully saturated rings. The number of fused-ring (bicyclic) bond motifs is 1. The molecule has 220 valence electrons. The monoisotopic (exact) mass is 587 g/mol. The Bertz CT molecular complexity index is 1880. The van der Waals surface area contributed by atoms with Gasteiger partial charge in [0.2, 0.25) is 0 Å². The van der Waals surface area contributed by atoms with Crippen LogP contribution in [0.25, 0.3) is 16.7 Å². The number of hydrogen-bond donors (Lipinski definition) is 4. The van der Waals surface area contributed by atoms with E-state index in [0.717, 1.165) is 30.0 Å². The molecule has 43 heavy (non-hydrogen) atoms. The molecule has 0 spiro atoms. The number of H-pyrrole nitrogens is 1. The molecule has 3 aromatic heterocycles. The number of aromatic nitrogens is 5. The zero-order chi connectivity index (χ0) is 30.1. The van der Waals surface area contributed by atoms with E-state index in [2.05, 4.69) is 30.9 Å². The van der Waals surface area contributed by atoms with Crippen molar-refractivity contribution < 1.29 is 23.4 Å². The van der Waals surface area contributed by atoms with Gasteiger partial charge < -0.3 is 20.5 Å². The fraction of sp³-hybridized carbons (Fsp3) is 0.233. The number of nitrogens with zero attached hydrogens (tertiary/aromatic N) is 4. The van der Waals surface area contributed by atoms with E-state index >= 15 is 4.39 Å². The lowest BCUT2D eigenvalue weighted by Gasteiger charge is -2.32. The summed E-state index contributed by atoms with van der Waals surface area (Å²) >= 11 is 0. The van der Waals surface area contributed by atoms with E-state index in [1.54, 1.807) is 6.07 Å². The highest BCUT2D eigenvalue weighted by molar-refractivity contribution is 6.04. The lowest BCUT2D eigenvalue weighted by Crippen LogP contribution is -2.40. The van der Waals surface area contributed by atoms with Crippen LogP contribution in [0, 0.1) is 17.6 Å². The van der Waals surface area contributed by atoms with E-state index in [-0.39, 0.29) is 40.8 Å². The number of rotatable bonds is 8. The largest absolute Gasteiger partial charge is 0.453 e. The lowest BCUT2D eigenvalue weighted by molar-refractivity contribution is 0.102. The molecule has 3 heterocycles. The maximum absolute atomic E-state index is 15.2. The number of benzene rings is 2. The number of ether oxygens (including phenoxy) is 1. The minimum absolute atomic E-state index is 0.0487. The van der Waals surface area contributed by atoms with E-state index < -0.39 is 23.1 Å². The van der Waals surface area contributed by atoms with Crippen LogP contribution in [0.15, 0.2) is 71.8 Å². The Morgan fingerprint density at radius 2 is 1.95 bits per heavy atom. The molecule has 1 unspecified atom stereocenters. The number of halogens is 2. The number of pyridine rings is 1. The summed E-state index contributed by atoms with van der Waals surface area (Å²) in [4.78, 5) is 30.1. The second-order valence-corrected chi connectivity index (χ2v) is 10.6. The van der Waals surface area contributed by atoms with Crippen LogP contribution < -0.4 is 20.9 Å². The Morgan fingerprint density at radius 1 is 1.14 bits per heavy atom. The third kappa shape index (κ3) is 5.42. The SMILES string of the molecule is CC1(Nc2n[nH]c3nccc(Oc4ccc(NC(=O)c5ccnn(-c6ccc(F)cc6)c5=O)cc4F)c23)CCC[C@H]1CO. The summed E-state index contributed by atoms with van der Waals surface area (Å²) in [6, 6.07) is 11.8. The number of aliphatic hydroxyl groups is 1. The molecular weight excluding hydrogens is 560 g/mol. The molecule has 0 bridgehead atoms. The molecule has 0 radical (unpaired) electrons. The van der Waals surface area contributed by atoms with Crippen LogP contribution in [0.2, 0.25) is 0 Å². The van der Waals surface area contributed by atoms with Crippen LogP contribution >= 0.6 is 0 Å². The van der Waals surface area contributed by atoms with Crippen LogP contribution in [-0.2, 0) is 0 Å². The number of aromatic amines is 1. The van der Waals surface area contributed by atoms with Crippen molar-refractivity contribution in [3.63, 3.8) is 0 Å². The fourth-order valence-corrected chi connectivity index (χ4v) is 5.39. The van der Waals surface area contributed by atoms with Crippen molar-refractivity contribution in [1.29, 1.82) is 0 Å². The predicted octanol–water partition coefficient (Wildman–Crippen LogP) is 4.79. The normalized spacial score (nSPS) is 18.1. The number of carbonyl (C=O) groups excluding carboxylic acids is 1. The van der Waals surface area contributed by atoms with Gasteiger partial charge in [-0.2, -0.15) is 14.9 Å². The highest BCUT2D eigenvalue weighted by Crippen LogP contribution is 2.41. The first-order valence-electron chi connectivity index (χ1n) is 13.6. The first kappa shape index (κ1) is 28.0. The van der Waals surface area contributed by atoms with E-state index in [1.165, 1.54) is 54.9 Å². The summed E-state index contributed by atoms with van der Waals surface area (Å²) in [7, 11) is 0. The van der Waals surface area contributed by atoms with Crippen molar-refractivity contribution in [2.24, 2.45) is 5.92 Å². The minimum atomic E-state index is -0.775. The van der Waals surface area contributed by atoms with Crippen LogP contribution in [0.4, 0.5) is 20.3 Å². The van der Waals surface area contributed by atoms with Crippen molar-refractivity contribution in [3.05, 3.63) is 94.5 Å². The quantitative estimate of drug-likeness (QED) is 0.203. The van der Waals surface area contributed by atoms with Gasteiger partial charge in [-0.1, -0.05) is 6.42 Å². The van der Waals surface area contributed by atoms with Gasteiger partial charge in [-0.3, -0.25) is 14.7 Å². The van der Waals surface area contributed by atoms with Crippen molar-refractivity contribution in [2.45, 2.75) is 31.7 Å². The van der Waals surface area contributed by atoms with E-state index in [9.17, 15) is 19.1 Å². The van der Waals surface area contributed by atoms with Gasteiger partial charge in [0, 0.05) is 48.3 Å². The molecule has 0 saturated heterocycles. The average molecular weight is 588 g/mol. The number of carbonyl (C=O) groups is 1. The van der Waals surface area contributed by atoms with Crippen LogP contribution in [0.1, 0.15) is 36.5 Å². The summed E-state index contributed by atoms with van der Waals surface area (Å²) in [6.07, 6.45) is 5.49. The maximum atomic E-state index is 15.2. The van der Waals surface area contributed by atoms with Gasteiger partial charge in [0.25, 0.3) is 11.5 Å². The van der Waals surface area contributed by atoms with Crippen LogP contribution in [-0.4, -0.2) is 48.1 Å². The summed E-state index contributed by atoms with van der Waals surface area (Å²) in [5.74, 6) is -1.29. The van der Waals surface area contributed by atoms with Crippen molar-refractivity contribution in [2.75, 3.05) is 17.2 Å². The highest BCUT2D eigenvalue weighted by Gasteiger charge is 2.39. The molecule has 5 aromatic rings. The second kappa shape index (κ2) is 11.2. The van der Waals surface area contributed by atoms with E-state index in [4.69, 9.17) is 4.74 Å². The molecule has 6 rings (SSSR count). The molecule has 2 atom stereocenters. The van der Waals surface area contributed by atoms with Crippen molar-refractivity contribution >= 4 is 28.4 Å². The van der Waals surface area contributed by atoms with Gasteiger partial charge >= 0.3 is 0 Å². The van der Waals surface area contributed by atoms with Crippen molar-refractivity contribution in [3.8, 4) is 17.2 Å². The smallest absolute Gasteiger partial charge is 0.284 e. The standard InChI is InChI=1S/C30H27F2N7O4/c1-30(12-2-3-17(30)16-40)36-27-25-24(11-13-33-26(25)37-38-27)43-23-9-6-19(15-22(23)32)35-28(41)21-10-14-34-39(29(21)42)20-7-4-18(31)5-8-20/h4-11,13-15,17,40H,2-3,12,16H2,1H3,(H,35,41)(H2,33,36,37,38)/t17-,30?/m0/s1. The number of aliphatic hydroxyl groups excluding tert-OH is 1. The Balaban J connectivity index is 1.22. The molecule has 4 N–H and O–H groups in total. The number of nitrogens with one attached hydrogen (secondary N) is 3. The zero-order valence-electron chi connectivity index (χ0n) is 23.0. The Morgan fingerprint density at radius 3 is 2.72 bits per heavy atom. The molecule has 2 aromatic carbocycles. The van der Waals surface area contributed by atoms with Gasteiger partial charge in [0.1, 0.15) is 22.5 Å². The molecule has 0 aliphatic heterocycles. The summed E-state index contributed by atoms with van der Waals surface area (Å²) < 4.78 is 35.4. The third-order valence-corrected chi connectivity index (χ3v) is 7.77. The average Bonchev–Trinajstić information content (AvgIpc) is 3.58. The minimum Gasteiger partial charge on any atom is -0.453 e. The van der Waals surface area contributed by atoms with Gasteiger partial charge in [-0.05, 0) is 62.2 Å². The fourth-order valence-electron chi connectivity index (χ4n) is 5.39. The first-order chi connectivity index (χ1) is 20.8. The molecule has 1 aliphatic carbocycles. The van der Waals surface area contributed by atoms with Crippen LogP contribution in [0.3, 0.4) is 0 Å². The molecular formula is C30H27F2N7O4. The molecule has 11 nitrogen and oxygen atoms in total. The molecule has 1 amide bonds. The predicted molar refractivity (Wildman–Crippen MR) is 155 cm³/mol. The molecule has 1 saturated carbocycles. The van der Waals surface area contributed by atoms with E-state index in [0.29, 0.717) is 22.6 Å². The molecule has 1 aliphatic rings. The van der Waals surface area contributed by atoms with Gasteiger partial charge in [0.15, 0.2) is 23.0 Å². The number of hydrogen-bond acceptors (Lipinski definition) is 8. The Labute approximate surface area is 243 Å². The topological polar surface area (TPSA) is 147 Å². The summed E-state index contributed by atoms with van der Waals surface area (Å²) in [6.45, 7) is 2.09. The van der Waals surface area contributed by atoms with Gasteiger partial charge in [0.05, 0.1) is 5.69 Å². The Kier molecular flexibility index (Phi) is 7.32. The highest BCUT2D eigenvalue weighted by atomic mass is 19.1. The lowest BCUT2D eigenvalue weighted by atomic mass is 9.89. The third-order valence-electron chi connectivity index (χ3n) is 7.77. The molecule has 13 heteroatoms. The first-order valence-corrected chi connectivity index (χ1v) is 13.6. The van der Waals surface area contributed by atoms with Crippen molar-refractivity contribution in [1.82, 2.24) is 25.0 Å². The van der Waals surface area contributed by atoms with Gasteiger partial charge in [-0.25, -0.2) is 13.8 Å². The maximum Gasteiger partial charge on any atom is 0.284 e. The summed E-state index contributed by atoms with van der Waals surface area (Å²) in [5.41, 5.74) is -0.537. The van der Waals surface area contributed by atoms with Gasteiger partial charge in [-0.15, -0.1) is 0 Å².